The van der Waals surface area contributed by atoms with Crippen molar-refractivity contribution in [1.29, 1.82) is 0 Å². The van der Waals surface area contributed by atoms with Gasteiger partial charge in [0.1, 0.15) is 0 Å². The van der Waals surface area contributed by atoms with Crippen molar-refractivity contribution < 1.29 is 9.59 Å². The Morgan fingerprint density at radius 3 is 2.41 bits per heavy atom. The molecule has 0 bridgehead atoms. The van der Waals surface area contributed by atoms with Crippen molar-refractivity contribution in [2.45, 2.75) is 26.7 Å². The van der Waals surface area contributed by atoms with E-state index >= 15 is 0 Å². The van der Waals surface area contributed by atoms with Crippen LogP contribution in [0.1, 0.15) is 34.3 Å². The highest BCUT2D eigenvalue weighted by atomic mass is 35.5. The molecule has 6 heteroatoms. The number of aryl methyl sites for hydroxylation is 1. The molecular formula is C23H26ClN3O2. The molecule has 0 unspecified atom stereocenters. The van der Waals surface area contributed by atoms with Gasteiger partial charge in [-0.25, -0.2) is 0 Å². The largest absolute Gasteiger partial charge is 0.368 e. The van der Waals surface area contributed by atoms with Crippen molar-refractivity contribution in [3.05, 3.63) is 58.1 Å². The number of hydrogen-bond donors (Lipinski definition) is 0. The quantitative estimate of drug-likeness (QED) is 0.765. The molecule has 0 saturated carbocycles. The molecule has 2 aromatic carbocycles. The first-order valence-corrected chi connectivity index (χ1v) is 10.5. The molecule has 0 radical (unpaired) electrons. The SMILES string of the molecule is Cc1cccc(N2CCN(C(=O)c3ccc(Cl)cc3N3CCCC3=O)CC2)c1C. The third-order valence-electron chi connectivity index (χ3n) is 6.04. The van der Waals surface area contributed by atoms with Gasteiger partial charge in [0.05, 0.1) is 11.3 Å². The molecule has 0 atom stereocenters. The maximum absolute atomic E-state index is 13.3. The Kier molecular flexibility index (Phi) is 5.50. The Labute approximate surface area is 176 Å². The number of hydrogen-bond acceptors (Lipinski definition) is 3. The Bertz CT molecular complexity index is 951. The molecule has 5 nitrogen and oxygen atoms in total. The van der Waals surface area contributed by atoms with Gasteiger partial charge >= 0.3 is 0 Å². The Balaban J connectivity index is 1.52. The molecule has 2 fully saturated rings. The summed E-state index contributed by atoms with van der Waals surface area (Å²) in [5, 5.41) is 0.538. The normalized spacial score (nSPS) is 17.2. The van der Waals surface area contributed by atoms with E-state index in [0.717, 1.165) is 19.5 Å². The van der Waals surface area contributed by atoms with Crippen LogP contribution in [0.25, 0.3) is 0 Å². The van der Waals surface area contributed by atoms with Crippen molar-refractivity contribution in [1.82, 2.24) is 4.90 Å². The molecule has 2 aliphatic heterocycles. The number of nitrogens with zero attached hydrogens (tertiary/aromatic N) is 3. The summed E-state index contributed by atoms with van der Waals surface area (Å²) >= 11 is 6.18. The highest BCUT2D eigenvalue weighted by Gasteiger charge is 2.29. The average Bonchev–Trinajstić information content (AvgIpc) is 3.15. The van der Waals surface area contributed by atoms with Gasteiger partial charge in [0.15, 0.2) is 0 Å². The molecule has 4 rings (SSSR count). The molecule has 0 aliphatic carbocycles. The van der Waals surface area contributed by atoms with Crippen molar-refractivity contribution in [2.75, 3.05) is 42.5 Å². The predicted octanol–water partition coefficient (Wildman–Crippen LogP) is 4.05. The summed E-state index contributed by atoms with van der Waals surface area (Å²) in [7, 11) is 0. The second kappa shape index (κ2) is 8.07. The number of amides is 2. The van der Waals surface area contributed by atoms with E-state index in [0.29, 0.717) is 42.3 Å². The molecule has 0 spiro atoms. The number of piperazine rings is 1. The maximum Gasteiger partial charge on any atom is 0.256 e. The van der Waals surface area contributed by atoms with E-state index in [1.165, 1.54) is 16.8 Å². The summed E-state index contributed by atoms with van der Waals surface area (Å²) in [4.78, 5) is 31.5. The third kappa shape index (κ3) is 3.84. The van der Waals surface area contributed by atoms with E-state index in [-0.39, 0.29) is 11.8 Å². The van der Waals surface area contributed by atoms with Crippen LogP contribution in [0.15, 0.2) is 36.4 Å². The molecule has 29 heavy (non-hydrogen) atoms. The lowest BCUT2D eigenvalue weighted by Gasteiger charge is -2.37. The first-order valence-electron chi connectivity index (χ1n) is 10.2. The van der Waals surface area contributed by atoms with Crippen LogP contribution in [0, 0.1) is 13.8 Å². The minimum absolute atomic E-state index is 0.0306. The van der Waals surface area contributed by atoms with Gasteiger partial charge in [0.2, 0.25) is 5.91 Å². The van der Waals surface area contributed by atoms with E-state index < -0.39 is 0 Å². The molecule has 2 heterocycles. The molecular weight excluding hydrogens is 386 g/mol. The second-order valence-electron chi connectivity index (χ2n) is 7.81. The smallest absolute Gasteiger partial charge is 0.256 e. The molecule has 0 aromatic heterocycles. The molecule has 152 valence electrons. The average molecular weight is 412 g/mol. The summed E-state index contributed by atoms with van der Waals surface area (Å²) in [6, 6.07) is 11.6. The van der Waals surface area contributed by atoms with Crippen molar-refractivity contribution >= 4 is 34.8 Å². The van der Waals surface area contributed by atoms with Crippen molar-refractivity contribution in [3.8, 4) is 0 Å². The number of halogens is 1. The fourth-order valence-electron chi connectivity index (χ4n) is 4.21. The number of benzene rings is 2. The minimum Gasteiger partial charge on any atom is -0.368 e. The Morgan fingerprint density at radius 1 is 0.966 bits per heavy atom. The van der Waals surface area contributed by atoms with E-state index in [2.05, 4.69) is 36.9 Å². The molecule has 2 aromatic rings. The van der Waals surface area contributed by atoms with Crippen LogP contribution < -0.4 is 9.80 Å². The van der Waals surface area contributed by atoms with Gasteiger partial charge in [0, 0.05) is 49.9 Å². The second-order valence-corrected chi connectivity index (χ2v) is 8.25. The van der Waals surface area contributed by atoms with E-state index in [1.807, 2.05) is 4.90 Å². The van der Waals surface area contributed by atoms with Crippen molar-refractivity contribution in [2.24, 2.45) is 0 Å². The summed E-state index contributed by atoms with van der Waals surface area (Å²) in [6.07, 6.45) is 1.34. The lowest BCUT2D eigenvalue weighted by Crippen LogP contribution is -2.49. The van der Waals surface area contributed by atoms with E-state index in [1.54, 1.807) is 23.1 Å². The summed E-state index contributed by atoms with van der Waals surface area (Å²) in [6.45, 7) is 7.81. The van der Waals surface area contributed by atoms with Crippen molar-refractivity contribution in [3.63, 3.8) is 0 Å². The maximum atomic E-state index is 13.3. The van der Waals surface area contributed by atoms with Crippen LogP contribution in [0.4, 0.5) is 11.4 Å². The van der Waals surface area contributed by atoms with E-state index in [9.17, 15) is 9.59 Å². The lowest BCUT2D eigenvalue weighted by molar-refractivity contribution is -0.117. The summed E-state index contributed by atoms with van der Waals surface area (Å²) in [5.74, 6) is 0.0260. The lowest BCUT2D eigenvalue weighted by atomic mass is 10.1. The van der Waals surface area contributed by atoms with Gasteiger partial charge in [-0.15, -0.1) is 0 Å². The van der Waals surface area contributed by atoms with Crippen LogP contribution in [-0.2, 0) is 4.79 Å². The van der Waals surface area contributed by atoms with Gasteiger partial charge < -0.3 is 14.7 Å². The standard InChI is InChI=1S/C23H26ClN3O2/c1-16-5-3-6-20(17(16)2)25-11-13-26(14-12-25)23(29)19-9-8-18(24)15-21(19)27-10-4-7-22(27)28/h3,5-6,8-9,15H,4,7,10-14H2,1-2H3. The zero-order valence-electron chi connectivity index (χ0n) is 16.9. The van der Waals surface area contributed by atoms with E-state index in [4.69, 9.17) is 11.6 Å². The van der Waals surface area contributed by atoms with Crippen LogP contribution in [-0.4, -0.2) is 49.4 Å². The zero-order chi connectivity index (χ0) is 20.5. The fraction of sp³-hybridized carbons (Fsp3) is 0.391. The van der Waals surface area contributed by atoms with Gasteiger partial charge in [-0.2, -0.15) is 0 Å². The highest BCUT2D eigenvalue weighted by Crippen LogP contribution is 2.30. The number of rotatable bonds is 3. The topological polar surface area (TPSA) is 43.9 Å². The first-order chi connectivity index (χ1) is 14.0. The number of anilines is 2. The van der Waals surface area contributed by atoms with Crippen LogP contribution >= 0.6 is 11.6 Å². The number of carbonyl (C=O) groups excluding carboxylic acids is 2. The summed E-state index contributed by atoms with van der Waals surface area (Å²) in [5.41, 5.74) is 5.01. The van der Waals surface area contributed by atoms with Crippen LogP contribution in [0.2, 0.25) is 5.02 Å². The Morgan fingerprint density at radius 2 is 1.72 bits per heavy atom. The monoisotopic (exact) mass is 411 g/mol. The third-order valence-corrected chi connectivity index (χ3v) is 6.27. The van der Waals surface area contributed by atoms with Gasteiger partial charge in [-0.05, 0) is 55.7 Å². The predicted molar refractivity (Wildman–Crippen MR) is 117 cm³/mol. The minimum atomic E-state index is -0.0306. The molecule has 2 amide bonds. The summed E-state index contributed by atoms with van der Waals surface area (Å²) < 4.78 is 0. The highest BCUT2D eigenvalue weighted by molar-refractivity contribution is 6.31. The van der Waals surface area contributed by atoms with Crippen LogP contribution in [0.3, 0.4) is 0 Å². The van der Waals surface area contributed by atoms with Gasteiger partial charge in [-0.1, -0.05) is 23.7 Å². The van der Waals surface area contributed by atoms with Gasteiger partial charge in [-0.3, -0.25) is 9.59 Å². The fourth-order valence-corrected chi connectivity index (χ4v) is 4.38. The zero-order valence-corrected chi connectivity index (χ0v) is 17.7. The Hall–Kier alpha value is -2.53. The molecule has 0 N–H and O–H groups in total. The first kappa shape index (κ1) is 19.8. The number of carbonyl (C=O) groups is 2. The molecule has 2 saturated heterocycles. The van der Waals surface area contributed by atoms with Gasteiger partial charge in [0.25, 0.3) is 5.91 Å². The molecule has 2 aliphatic rings. The van der Waals surface area contributed by atoms with Crippen LogP contribution in [0.5, 0.6) is 0 Å².